The molecular weight excluding hydrogens is 434 g/mol. The molecular formula is C21H17N5O5S. The number of H-pyrrole nitrogens is 1. The van der Waals surface area contributed by atoms with Crippen LogP contribution in [0.25, 0.3) is 33.5 Å². The maximum absolute atomic E-state index is 11.8. The molecule has 0 spiro atoms. The zero-order chi connectivity index (χ0) is 23.2. The number of carbonyl (C=O) groups is 1. The highest BCUT2D eigenvalue weighted by Gasteiger charge is 2.22. The van der Waals surface area contributed by atoms with Crippen LogP contribution in [0.2, 0.25) is 0 Å². The van der Waals surface area contributed by atoms with Crippen molar-refractivity contribution in [2.75, 3.05) is 0 Å². The van der Waals surface area contributed by atoms with Gasteiger partial charge >= 0.3 is 5.97 Å². The second kappa shape index (κ2) is 7.48. The molecule has 162 valence electrons. The van der Waals surface area contributed by atoms with Gasteiger partial charge in [0.25, 0.3) is 0 Å². The number of primary sulfonamides is 1. The molecule has 10 nitrogen and oxygen atoms in total. The second-order valence-electron chi connectivity index (χ2n) is 6.99. The number of amidine groups is 1. The lowest BCUT2D eigenvalue weighted by Gasteiger charge is -2.13. The minimum Gasteiger partial charge on any atom is -0.507 e. The van der Waals surface area contributed by atoms with Gasteiger partial charge in [-0.3, -0.25) is 5.41 Å². The van der Waals surface area contributed by atoms with Crippen molar-refractivity contribution in [3.63, 3.8) is 0 Å². The van der Waals surface area contributed by atoms with Crippen LogP contribution < -0.4 is 10.9 Å². The van der Waals surface area contributed by atoms with Crippen molar-refractivity contribution in [3.8, 4) is 28.3 Å². The van der Waals surface area contributed by atoms with Gasteiger partial charge in [0.05, 0.1) is 27.1 Å². The molecule has 11 heteroatoms. The molecule has 0 bridgehead atoms. The average Bonchev–Trinajstić information content (AvgIpc) is 3.15. The third-order valence-corrected chi connectivity index (χ3v) is 5.82. The Labute approximate surface area is 181 Å². The third-order valence-electron chi connectivity index (χ3n) is 4.91. The molecule has 0 radical (unpaired) electrons. The number of hydrogen-bond acceptors (Lipinski definition) is 6. The van der Waals surface area contributed by atoms with Crippen molar-refractivity contribution in [1.82, 2.24) is 9.97 Å². The van der Waals surface area contributed by atoms with Gasteiger partial charge in [-0.25, -0.2) is 23.3 Å². The number of phenolic OH excluding ortho intramolecular Hbond substituents is 1. The van der Waals surface area contributed by atoms with E-state index in [-0.39, 0.29) is 38.8 Å². The summed E-state index contributed by atoms with van der Waals surface area (Å²) in [6.07, 6.45) is 0. The average molecular weight is 451 g/mol. The first-order valence-corrected chi connectivity index (χ1v) is 10.7. The minimum atomic E-state index is -4.05. The fourth-order valence-corrected chi connectivity index (χ4v) is 3.95. The fourth-order valence-electron chi connectivity index (χ4n) is 3.39. The molecule has 0 aliphatic carbocycles. The van der Waals surface area contributed by atoms with E-state index in [1.165, 1.54) is 36.4 Å². The molecule has 32 heavy (non-hydrogen) atoms. The van der Waals surface area contributed by atoms with Crippen molar-refractivity contribution in [2.24, 2.45) is 10.9 Å². The Balaban J connectivity index is 1.94. The number of hydrogen-bond donors (Lipinski definition) is 6. The Morgan fingerprint density at radius 3 is 2.50 bits per heavy atom. The summed E-state index contributed by atoms with van der Waals surface area (Å²) >= 11 is 0. The van der Waals surface area contributed by atoms with E-state index in [9.17, 15) is 23.4 Å². The molecule has 0 saturated heterocycles. The summed E-state index contributed by atoms with van der Waals surface area (Å²) < 4.78 is 23.5. The number of aromatic carboxylic acids is 1. The van der Waals surface area contributed by atoms with Gasteiger partial charge < -0.3 is 20.9 Å². The monoisotopic (exact) mass is 451 g/mol. The van der Waals surface area contributed by atoms with Crippen LogP contribution >= 0.6 is 0 Å². The number of carboxylic acids is 1. The van der Waals surface area contributed by atoms with E-state index in [0.717, 1.165) is 0 Å². The van der Waals surface area contributed by atoms with Gasteiger partial charge in [0.1, 0.15) is 17.4 Å². The number of benzene rings is 3. The first kappa shape index (κ1) is 21.0. The van der Waals surface area contributed by atoms with Crippen LogP contribution in [0.5, 0.6) is 5.75 Å². The summed E-state index contributed by atoms with van der Waals surface area (Å²) in [6.45, 7) is 0. The van der Waals surface area contributed by atoms with Gasteiger partial charge in [-0.2, -0.15) is 0 Å². The van der Waals surface area contributed by atoms with E-state index in [0.29, 0.717) is 16.6 Å². The van der Waals surface area contributed by atoms with E-state index in [2.05, 4.69) is 9.97 Å². The SMILES string of the molecule is N=C(N)c1ccc2nc(-c3ccc(C(=O)O)c(-c4cccc(S(N)(=O)=O)c4)c3O)[nH]c2c1. The van der Waals surface area contributed by atoms with Crippen LogP contribution in [-0.2, 0) is 10.0 Å². The van der Waals surface area contributed by atoms with Gasteiger partial charge in [-0.05, 0) is 48.0 Å². The number of rotatable bonds is 5. The van der Waals surface area contributed by atoms with Crippen molar-refractivity contribution < 1.29 is 23.4 Å². The number of imidazole rings is 1. The zero-order valence-corrected chi connectivity index (χ0v) is 17.1. The quantitative estimate of drug-likeness (QED) is 0.197. The number of nitrogens with two attached hydrogens (primary N) is 2. The topological polar surface area (TPSA) is 196 Å². The first-order chi connectivity index (χ1) is 15.1. The molecule has 0 aliphatic rings. The highest BCUT2D eigenvalue weighted by molar-refractivity contribution is 7.89. The van der Waals surface area contributed by atoms with E-state index < -0.39 is 21.7 Å². The number of aromatic amines is 1. The summed E-state index contributed by atoms with van der Waals surface area (Å²) in [5, 5.41) is 33.4. The van der Waals surface area contributed by atoms with Crippen LogP contribution in [0.1, 0.15) is 15.9 Å². The van der Waals surface area contributed by atoms with E-state index in [4.69, 9.17) is 16.3 Å². The lowest BCUT2D eigenvalue weighted by molar-refractivity contribution is 0.0697. The van der Waals surface area contributed by atoms with Crippen LogP contribution in [-0.4, -0.2) is 40.4 Å². The van der Waals surface area contributed by atoms with Crippen LogP contribution in [0.3, 0.4) is 0 Å². The van der Waals surface area contributed by atoms with Crippen molar-refractivity contribution in [3.05, 3.63) is 65.7 Å². The number of nitrogen functional groups attached to an aromatic ring is 1. The predicted octanol–water partition coefficient (Wildman–Crippen LogP) is 2.23. The number of carboxylic acid groups (broad SMARTS) is 1. The normalized spacial score (nSPS) is 11.5. The van der Waals surface area contributed by atoms with E-state index in [1.54, 1.807) is 18.2 Å². The van der Waals surface area contributed by atoms with Gasteiger partial charge in [-0.15, -0.1) is 0 Å². The van der Waals surface area contributed by atoms with E-state index in [1.807, 2.05) is 0 Å². The van der Waals surface area contributed by atoms with Gasteiger partial charge in [0.2, 0.25) is 10.0 Å². The summed E-state index contributed by atoms with van der Waals surface area (Å²) in [6, 6.07) is 12.9. The highest BCUT2D eigenvalue weighted by atomic mass is 32.2. The summed E-state index contributed by atoms with van der Waals surface area (Å²) in [5.41, 5.74) is 7.16. The molecule has 0 saturated carbocycles. The third kappa shape index (κ3) is 3.66. The maximum atomic E-state index is 11.8. The number of phenols is 1. The van der Waals surface area contributed by atoms with E-state index >= 15 is 0 Å². The Hall–Kier alpha value is -4.22. The lowest BCUT2D eigenvalue weighted by atomic mass is 9.95. The van der Waals surface area contributed by atoms with Gasteiger partial charge in [0, 0.05) is 11.1 Å². The smallest absolute Gasteiger partial charge is 0.336 e. The number of fused-ring (bicyclic) bond motifs is 1. The number of nitrogens with one attached hydrogen (secondary N) is 2. The summed E-state index contributed by atoms with van der Waals surface area (Å²) in [7, 11) is -4.05. The minimum absolute atomic E-state index is 0.0784. The fraction of sp³-hybridized carbons (Fsp3) is 0. The number of aromatic hydroxyl groups is 1. The molecule has 4 aromatic rings. The molecule has 1 heterocycles. The Kier molecular flexibility index (Phi) is 4.92. The molecule has 0 atom stereocenters. The molecule has 4 rings (SSSR count). The molecule has 0 fully saturated rings. The Bertz CT molecular complexity index is 1530. The Morgan fingerprint density at radius 1 is 1.09 bits per heavy atom. The first-order valence-electron chi connectivity index (χ1n) is 9.13. The lowest BCUT2D eigenvalue weighted by Crippen LogP contribution is -2.12. The second-order valence-corrected chi connectivity index (χ2v) is 8.55. The van der Waals surface area contributed by atoms with Crippen molar-refractivity contribution in [2.45, 2.75) is 4.90 Å². The van der Waals surface area contributed by atoms with Crippen LogP contribution in [0.15, 0.2) is 59.5 Å². The molecule has 0 unspecified atom stereocenters. The molecule has 0 aliphatic heterocycles. The van der Waals surface area contributed by atoms with Crippen molar-refractivity contribution in [1.29, 1.82) is 5.41 Å². The highest BCUT2D eigenvalue weighted by Crippen LogP contribution is 2.40. The largest absolute Gasteiger partial charge is 0.507 e. The van der Waals surface area contributed by atoms with Crippen molar-refractivity contribution >= 4 is 32.9 Å². The molecule has 0 amide bonds. The number of sulfonamides is 1. The summed E-state index contributed by atoms with van der Waals surface area (Å²) in [5.74, 6) is -1.58. The predicted molar refractivity (Wildman–Crippen MR) is 118 cm³/mol. The van der Waals surface area contributed by atoms with Crippen LogP contribution in [0.4, 0.5) is 0 Å². The maximum Gasteiger partial charge on any atom is 0.336 e. The van der Waals surface area contributed by atoms with Gasteiger partial charge in [0.15, 0.2) is 0 Å². The molecule has 3 aromatic carbocycles. The Morgan fingerprint density at radius 2 is 1.84 bits per heavy atom. The standard InChI is InChI=1S/C21H17N5O5S/c22-19(23)11-4-7-15-16(9-11)26-20(25-15)14-6-5-13(21(28)29)17(18(14)27)10-2-1-3-12(8-10)32(24,30)31/h1-9,27H,(H3,22,23)(H,25,26)(H,28,29)(H2,24,30,31). The zero-order valence-electron chi connectivity index (χ0n) is 16.3. The summed E-state index contributed by atoms with van der Waals surface area (Å²) in [4.78, 5) is 19.0. The van der Waals surface area contributed by atoms with Gasteiger partial charge in [-0.1, -0.05) is 12.1 Å². The van der Waals surface area contributed by atoms with Crippen LogP contribution in [0, 0.1) is 5.41 Å². The number of aromatic nitrogens is 2. The number of nitrogens with zero attached hydrogens (tertiary/aromatic N) is 1. The molecule has 1 aromatic heterocycles. The molecule has 8 N–H and O–H groups in total.